The number of halogens is 3. The molecule has 0 saturated heterocycles. The number of alkyl halides is 3. The zero-order chi connectivity index (χ0) is 6.08. The Bertz CT molecular complexity index is 85.4. The van der Waals surface area contributed by atoms with Crippen LogP contribution in [0.25, 0.3) is 0 Å². The highest BCUT2D eigenvalue weighted by molar-refractivity contribution is 6.74. The van der Waals surface area contributed by atoms with E-state index in [1.54, 1.807) is 0 Å². The van der Waals surface area contributed by atoms with Gasteiger partial charge in [0.1, 0.15) is 1.37 Å². The van der Waals surface area contributed by atoms with E-state index in [1.165, 1.54) is 0 Å². The van der Waals surface area contributed by atoms with Crippen molar-refractivity contribution in [1.82, 2.24) is 0 Å². The minimum absolute atomic E-state index is 1.21. The molecule has 0 bridgehead atoms. The largest absolute Gasteiger partial charge is 0.299 e. The van der Waals surface area contributed by atoms with Crippen LogP contribution in [0.4, 0.5) is 0 Å². The Morgan fingerprint density at radius 3 is 1.83 bits per heavy atom. The Labute approximate surface area is 51.6 Å². The lowest BCUT2D eigenvalue weighted by Gasteiger charge is -1.93. The average molecular weight is 148 g/mol. The fourth-order valence-electron chi connectivity index (χ4n) is 0. The predicted octanol–water partition coefficient (Wildman–Crippen LogP) is 1.56. The van der Waals surface area contributed by atoms with Gasteiger partial charge in [-0.25, -0.2) is 0 Å². The molecule has 0 radical (unpaired) electrons. The topological polar surface area (TPSA) is 17.1 Å². The summed E-state index contributed by atoms with van der Waals surface area (Å²) >= 11 is 14.6. The zero-order valence-corrected chi connectivity index (χ0v) is 4.81. The van der Waals surface area contributed by atoms with Crippen molar-refractivity contribution in [2.24, 2.45) is 0 Å². The third-order valence-corrected chi connectivity index (χ3v) is 0.347. The molecule has 0 aliphatic rings. The third-order valence-electron chi connectivity index (χ3n) is 0.116. The first-order valence-corrected chi connectivity index (χ1v) is 2.15. The lowest BCUT2D eigenvalue weighted by Crippen LogP contribution is -2.00. The highest BCUT2D eigenvalue weighted by Crippen LogP contribution is 2.21. The number of hydrogen-bond acceptors (Lipinski definition) is 1. The number of carbonyl (C=O) groups is 1. The summed E-state index contributed by atoms with van der Waals surface area (Å²) < 4.78 is 4.14. The molecule has 0 heterocycles. The molecule has 0 unspecified atom stereocenters. The van der Waals surface area contributed by atoms with Gasteiger partial charge in [-0.3, -0.25) is 4.79 Å². The van der Waals surface area contributed by atoms with Gasteiger partial charge in [0, 0.05) is 0 Å². The van der Waals surface area contributed by atoms with E-state index in [9.17, 15) is 4.79 Å². The van der Waals surface area contributed by atoms with Gasteiger partial charge >= 0.3 is 0 Å². The molecule has 0 fully saturated rings. The summed E-state index contributed by atoms with van der Waals surface area (Å²) in [5.74, 6) is 0. The molecule has 0 N–H and O–H groups in total. The van der Waals surface area contributed by atoms with Gasteiger partial charge in [-0.15, -0.1) is 0 Å². The number of carbonyl (C=O) groups excluding carboxylic acids is 1. The van der Waals surface area contributed by atoms with Crippen LogP contribution in [0.2, 0.25) is 0 Å². The smallest absolute Gasteiger partial charge is 0.245 e. The average Bonchev–Trinajstić information content (AvgIpc) is 1.31. The maximum absolute atomic E-state index is 9.74. The van der Waals surface area contributed by atoms with E-state index in [0.717, 1.165) is 0 Å². The second-order valence-corrected chi connectivity index (χ2v) is 2.88. The Kier molecular flexibility index (Phi) is 1.57. The number of aldehydes is 1. The highest BCUT2D eigenvalue weighted by Gasteiger charge is 2.16. The molecule has 6 heavy (non-hydrogen) atoms. The van der Waals surface area contributed by atoms with Crippen molar-refractivity contribution in [3.05, 3.63) is 0 Å². The summed E-state index contributed by atoms with van der Waals surface area (Å²) in [6.07, 6.45) is -1.21. The zero-order valence-electron chi connectivity index (χ0n) is 3.54. The van der Waals surface area contributed by atoms with Crippen molar-refractivity contribution in [1.29, 1.82) is 0 Å². The summed E-state index contributed by atoms with van der Waals surface area (Å²) in [5.41, 5.74) is 0. The molecule has 0 rings (SSSR count). The van der Waals surface area contributed by atoms with Crippen molar-refractivity contribution in [3.8, 4) is 0 Å². The Hall–Kier alpha value is 0.540. The number of rotatable bonds is 0. The quantitative estimate of drug-likeness (QED) is 0.376. The molecule has 0 aromatic rings. The van der Waals surface area contributed by atoms with E-state index in [-0.39, 0.29) is 0 Å². The minimum atomic E-state index is -2.06. The van der Waals surface area contributed by atoms with Gasteiger partial charge < -0.3 is 0 Å². The van der Waals surface area contributed by atoms with Crippen LogP contribution < -0.4 is 0 Å². The Morgan fingerprint density at radius 1 is 1.67 bits per heavy atom. The minimum Gasteiger partial charge on any atom is -0.299 e. The van der Waals surface area contributed by atoms with Crippen LogP contribution in [0.1, 0.15) is 1.37 Å². The lowest BCUT2D eigenvalue weighted by atomic mass is 10.9. The molecule has 0 atom stereocenters. The van der Waals surface area contributed by atoms with Crippen LogP contribution in [-0.2, 0) is 4.79 Å². The van der Waals surface area contributed by atoms with Gasteiger partial charge in [0.05, 0.1) is 0 Å². The monoisotopic (exact) mass is 147 g/mol. The third kappa shape index (κ3) is 4.54. The molecular formula is C2HCl3O. The van der Waals surface area contributed by atoms with Crippen molar-refractivity contribution in [2.75, 3.05) is 0 Å². The van der Waals surface area contributed by atoms with Crippen LogP contribution >= 0.6 is 34.8 Å². The fraction of sp³-hybridized carbons (Fsp3) is 0.500. The van der Waals surface area contributed by atoms with Crippen molar-refractivity contribution >= 4 is 41.1 Å². The van der Waals surface area contributed by atoms with Crippen LogP contribution in [0.5, 0.6) is 0 Å². The molecule has 0 aliphatic heterocycles. The molecule has 36 valence electrons. The fourth-order valence-corrected chi connectivity index (χ4v) is 0. The van der Waals surface area contributed by atoms with Crippen LogP contribution in [0.15, 0.2) is 0 Å². The van der Waals surface area contributed by atoms with E-state index < -0.39 is 10.1 Å². The number of hydrogen-bond donors (Lipinski definition) is 0. The maximum Gasteiger partial charge on any atom is 0.245 e. The summed E-state index contributed by atoms with van der Waals surface area (Å²) in [6, 6.07) is 0. The van der Waals surface area contributed by atoms with Crippen LogP contribution in [0, 0.1) is 0 Å². The van der Waals surface area contributed by atoms with E-state index >= 15 is 0 Å². The molecule has 0 amide bonds. The van der Waals surface area contributed by atoms with Gasteiger partial charge in [0.25, 0.3) is 0 Å². The van der Waals surface area contributed by atoms with Gasteiger partial charge in [-0.1, -0.05) is 34.8 Å². The first-order valence-electron chi connectivity index (χ1n) is 1.52. The molecule has 1 nitrogen and oxygen atoms in total. The summed E-state index contributed by atoms with van der Waals surface area (Å²) in [7, 11) is 0. The normalized spacial score (nSPS) is 13.5. The van der Waals surface area contributed by atoms with Gasteiger partial charge in [-0.2, -0.15) is 0 Å². The summed E-state index contributed by atoms with van der Waals surface area (Å²) in [4.78, 5) is 9.74. The van der Waals surface area contributed by atoms with E-state index in [0.29, 0.717) is 0 Å². The van der Waals surface area contributed by atoms with Gasteiger partial charge in [-0.05, 0) is 0 Å². The molecule has 0 spiro atoms. The first kappa shape index (κ1) is 4.69. The van der Waals surface area contributed by atoms with Crippen molar-refractivity contribution < 1.29 is 6.17 Å². The molecule has 0 saturated carbocycles. The second kappa shape index (κ2) is 2.01. The molecule has 0 aliphatic carbocycles. The van der Waals surface area contributed by atoms with Crippen LogP contribution in [-0.4, -0.2) is 10.1 Å². The summed E-state index contributed by atoms with van der Waals surface area (Å²) in [5, 5.41) is 0. The lowest BCUT2D eigenvalue weighted by molar-refractivity contribution is -0.107. The molecule has 0 aromatic carbocycles. The van der Waals surface area contributed by atoms with Gasteiger partial charge in [0.15, 0.2) is 6.26 Å². The predicted molar refractivity (Wildman–Crippen MR) is 26.4 cm³/mol. The van der Waals surface area contributed by atoms with E-state index in [2.05, 4.69) is 0 Å². The first-order chi connectivity index (χ1) is 2.94. The Morgan fingerprint density at radius 2 is 1.83 bits per heavy atom. The van der Waals surface area contributed by atoms with E-state index in [1.807, 2.05) is 0 Å². The Balaban J connectivity index is 3.79. The summed E-state index contributed by atoms with van der Waals surface area (Å²) in [6.45, 7) is 0. The van der Waals surface area contributed by atoms with E-state index in [4.69, 9.17) is 36.2 Å². The van der Waals surface area contributed by atoms with Crippen molar-refractivity contribution in [3.63, 3.8) is 0 Å². The second-order valence-electron chi connectivity index (χ2n) is 0.600. The standard InChI is InChI=1S/C2HCl3O/c3-2(4,5)1-6/h1H/i1D. The highest BCUT2D eigenvalue weighted by atomic mass is 35.6. The van der Waals surface area contributed by atoms with Crippen molar-refractivity contribution in [2.45, 2.75) is 3.79 Å². The molecule has 0 aromatic heterocycles. The molecule has 4 heteroatoms. The SMILES string of the molecule is [2H]C(=O)C(Cl)(Cl)Cl. The van der Waals surface area contributed by atoms with Crippen LogP contribution in [0.3, 0.4) is 0 Å². The van der Waals surface area contributed by atoms with Gasteiger partial charge in [0.2, 0.25) is 3.79 Å². The maximum atomic E-state index is 9.74. The molecular weight excluding hydrogens is 146 g/mol.